The molecule has 0 bridgehead atoms. The molecule has 174 valence electrons. The maximum absolute atomic E-state index is 13.1. The van der Waals surface area contributed by atoms with Gasteiger partial charge in [-0.15, -0.1) is 0 Å². The SMILES string of the molecule is C[C@]1(CC2CCCC2)NC(=N)N(Cc2ccc(CNC(=O)Nc3ccc(N)cc3)cc2)C1=O. The molecule has 8 nitrogen and oxygen atoms in total. The average Bonchev–Trinajstić information content (AvgIpc) is 3.37. The Morgan fingerprint density at radius 2 is 1.76 bits per heavy atom. The Labute approximate surface area is 194 Å². The number of hydrogen-bond acceptors (Lipinski definition) is 4. The molecular weight excluding hydrogens is 416 g/mol. The number of benzene rings is 2. The van der Waals surface area contributed by atoms with Gasteiger partial charge in [0.1, 0.15) is 5.54 Å². The lowest BCUT2D eigenvalue weighted by Gasteiger charge is -2.25. The van der Waals surface area contributed by atoms with Crippen LogP contribution in [0.15, 0.2) is 48.5 Å². The van der Waals surface area contributed by atoms with Crippen LogP contribution in [0.5, 0.6) is 0 Å². The van der Waals surface area contributed by atoms with Crippen LogP contribution in [-0.2, 0) is 17.9 Å². The number of amides is 3. The van der Waals surface area contributed by atoms with Gasteiger partial charge < -0.3 is 21.7 Å². The minimum atomic E-state index is -0.687. The fourth-order valence-corrected chi connectivity index (χ4v) is 4.73. The monoisotopic (exact) mass is 448 g/mol. The van der Waals surface area contributed by atoms with E-state index in [1.165, 1.54) is 30.6 Å². The zero-order valence-electron chi connectivity index (χ0n) is 19.0. The highest BCUT2D eigenvalue weighted by Crippen LogP contribution is 2.34. The number of hydrogen-bond donors (Lipinski definition) is 5. The smallest absolute Gasteiger partial charge is 0.319 e. The first-order valence-electron chi connectivity index (χ1n) is 11.5. The van der Waals surface area contributed by atoms with Crippen LogP contribution < -0.4 is 21.7 Å². The van der Waals surface area contributed by atoms with Gasteiger partial charge in [0.15, 0.2) is 5.96 Å². The summed E-state index contributed by atoms with van der Waals surface area (Å²) in [5, 5.41) is 17.0. The van der Waals surface area contributed by atoms with E-state index in [-0.39, 0.29) is 17.9 Å². The molecule has 4 rings (SSSR count). The fraction of sp³-hybridized carbons (Fsp3) is 0.400. The van der Waals surface area contributed by atoms with Crippen molar-refractivity contribution in [1.29, 1.82) is 5.41 Å². The molecule has 1 saturated carbocycles. The van der Waals surface area contributed by atoms with Crippen LogP contribution >= 0.6 is 0 Å². The average molecular weight is 449 g/mol. The number of carbonyl (C=O) groups is 2. The van der Waals surface area contributed by atoms with E-state index < -0.39 is 5.54 Å². The summed E-state index contributed by atoms with van der Waals surface area (Å²) in [5.74, 6) is 0.707. The molecule has 0 unspecified atom stereocenters. The molecule has 2 fully saturated rings. The molecule has 6 N–H and O–H groups in total. The molecule has 0 radical (unpaired) electrons. The second kappa shape index (κ2) is 9.52. The number of carbonyl (C=O) groups excluding carboxylic acids is 2. The summed E-state index contributed by atoms with van der Waals surface area (Å²) in [6.45, 7) is 2.66. The van der Waals surface area contributed by atoms with Crippen molar-refractivity contribution in [2.24, 2.45) is 5.92 Å². The number of nitrogens with zero attached hydrogens (tertiary/aromatic N) is 1. The van der Waals surface area contributed by atoms with Gasteiger partial charge in [-0.25, -0.2) is 4.79 Å². The van der Waals surface area contributed by atoms with Crippen molar-refractivity contribution in [3.05, 3.63) is 59.7 Å². The summed E-state index contributed by atoms with van der Waals surface area (Å²) in [5.41, 5.74) is 8.16. The van der Waals surface area contributed by atoms with E-state index in [9.17, 15) is 9.59 Å². The highest BCUT2D eigenvalue weighted by Gasteiger charge is 2.47. The lowest BCUT2D eigenvalue weighted by molar-refractivity contribution is -0.131. The van der Waals surface area contributed by atoms with E-state index in [0.29, 0.717) is 30.4 Å². The van der Waals surface area contributed by atoms with Crippen LogP contribution in [0.2, 0.25) is 0 Å². The lowest BCUT2D eigenvalue weighted by atomic mass is 9.88. The Kier molecular flexibility index (Phi) is 6.53. The quantitative estimate of drug-likeness (QED) is 0.413. The molecule has 0 aromatic heterocycles. The summed E-state index contributed by atoms with van der Waals surface area (Å²) in [7, 11) is 0. The van der Waals surface area contributed by atoms with Crippen LogP contribution in [-0.4, -0.2) is 28.3 Å². The Morgan fingerprint density at radius 1 is 1.12 bits per heavy atom. The predicted molar refractivity (Wildman–Crippen MR) is 130 cm³/mol. The van der Waals surface area contributed by atoms with Gasteiger partial charge in [-0.2, -0.15) is 0 Å². The Hall–Kier alpha value is -3.55. The van der Waals surface area contributed by atoms with E-state index in [1.807, 2.05) is 31.2 Å². The van der Waals surface area contributed by atoms with Gasteiger partial charge in [0, 0.05) is 17.9 Å². The largest absolute Gasteiger partial charge is 0.399 e. The normalized spacial score (nSPS) is 20.7. The van der Waals surface area contributed by atoms with Crippen LogP contribution in [0.1, 0.15) is 50.2 Å². The van der Waals surface area contributed by atoms with Crippen molar-refractivity contribution >= 4 is 29.3 Å². The molecule has 3 amide bonds. The van der Waals surface area contributed by atoms with E-state index in [4.69, 9.17) is 11.1 Å². The zero-order valence-corrected chi connectivity index (χ0v) is 19.0. The van der Waals surface area contributed by atoms with E-state index >= 15 is 0 Å². The molecule has 1 aliphatic heterocycles. The summed E-state index contributed by atoms with van der Waals surface area (Å²) < 4.78 is 0. The zero-order chi connectivity index (χ0) is 23.4. The summed E-state index contributed by atoms with van der Waals surface area (Å²) in [6.07, 6.45) is 5.60. The number of guanidine groups is 1. The molecule has 8 heteroatoms. The highest BCUT2D eigenvalue weighted by molar-refractivity contribution is 6.07. The van der Waals surface area contributed by atoms with E-state index in [0.717, 1.165) is 17.5 Å². The van der Waals surface area contributed by atoms with Gasteiger partial charge >= 0.3 is 6.03 Å². The third-order valence-corrected chi connectivity index (χ3v) is 6.54. The van der Waals surface area contributed by atoms with Gasteiger partial charge in [0.05, 0.1) is 6.54 Å². The third-order valence-electron chi connectivity index (χ3n) is 6.54. The molecule has 0 spiro atoms. The molecule has 1 aliphatic carbocycles. The number of nitrogens with two attached hydrogens (primary N) is 1. The lowest BCUT2D eigenvalue weighted by Crippen LogP contribution is -2.45. The first-order chi connectivity index (χ1) is 15.8. The van der Waals surface area contributed by atoms with E-state index in [1.54, 1.807) is 24.3 Å². The standard InChI is InChI=1S/C25H32N6O2/c1-25(14-17-4-2-3-5-17)22(32)31(23(27)30-25)16-19-8-6-18(7-9-19)15-28-24(33)29-21-12-10-20(26)11-13-21/h6-13,17H,2-5,14-16,26H2,1H3,(H2,27,30)(H2,28,29,33)/t25-/m1/s1. The number of rotatable bonds is 7. The van der Waals surface area contributed by atoms with Gasteiger partial charge in [-0.1, -0.05) is 49.9 Å². The first-order valence-corrected chi connectivity index (χ1v) is 11.5. The summed E-state index contributed by atoms with van der Waals surface area (Å²) in [6, 6.07) is 14.4. The molecule has 2 aromatic rings. The number of urea groups is 1. The molecule has 2 aromatic carbocycles. The molecule has 1 heterocycles. The maximum Gasteiger partial charge on any atom is 0.319 e. The number of nitrogen functional groups attached to an aromatic ring is 1. The minimum Gasteiger partial charge on any atom is -0.399 e. The van der Waals surface area contributed by atoms with Crippen molar-refractivity contribution in [2.45, 2.75) is 57.7 Å². The molecule has 2 aliphatic rings. The summed E-state index contributed by atoms with van der Waals surface area (Å²) >= 11 is 0. The van der Waals surface area contributed by atoms with Crippen molar-refractivity contribution in [3.8, 4) is 0 Å². The first kappa shape index (κ1) is 22.6. The fourth-order valence-electron chi connectivity index (χ4n) is 4.73. The van der Waals surface area contributed by atoms with Gasteiger partial charge in [-0.05, 0) is 54.7 Å². The molecular formula is C25H32N6O2. The van der Waals surface area contributed by atoms with Gasteiger partial charge in [0.2, 0.25) is 0 Å². The summed E-state index contributed by atoms with van der Waals surface area (Å²) in [4.78, 5) is 26.7. The topological polar surface area (TPSA) is 123 Å². The van der Waals surface area contributed by atoms with Crippen molar-refractivity contribution in [1.82, 2.24) is 15.5 Å². The van der Waals surface area contributed by atoms with Crippen molar-refractivity contribution in [3.63, 3.8) is 0 Å². The molecule has 1 saturated heterocycles. The van der Waals surface area contributed by atoms with Crippen LogP contribution in [0, 0.1) is 11.3 Å². The van der Waals surface area contributed by atoms with Crippen LogP contribution in [0.25, 0.3) is 0 Å². The third kappa shape index (κ3) is 5.45. The Morgan fingerprint density at radius 3 is 2.42 bits per heavy atom. The minimum absolute atomic E-state index is 0.0236. The Balaban J connectivity index is 1.29. The highest BCUT2D eigenvalue weighted by atomic mass is 16.2. The van der Waals surface area contributed by atoms with Crippen molar-refractivity contribution in [2.75, 3.05) is 11.1 Å². The number of nitrogens with one attached hydrogen (secondary N) is 4. The van der Waals surface area contributed by atoms with Crippen molar-refractivity contribution < 1.29 is 9.59 Å². The Bertz CT molecular complexity index is 1010. The van der Waals surface area contributed by atoms with Crippen LogP contribution in [0.4, 0.5) is 16.2 Å². The molecule has 1 atom stereocenters. The molecule has 33 heavy (non-hydrogen) atoms. The second-order valence-electron chi connectivity index (χ2n) is 9.30. The van der Waals surface area contributed by atoms with Crippen LogP contribution in [0.3, 0.4) is 0 Å². The van der Waals surface area contributed by atoms with Gasteiger partial charge in [-0.3, -0.25) is 15.1 Å². The second-order valence-corrected chi connectivity index (χ2v) is 9.30. The maximum atomic E-state index is 13.1. The van der Waals surface area contributed by atoms with Gasteiger partial charge in [0.25, 0.3) is 5.91 Å². The van der Waals surface area contributed by atoms with E-state index in [2.05, 4.69) is 16.0 Å². The predicted octanol–water partition coefficient (Wildman–Crippen LogP) is 3.80. The number of anilines is 2.